The topological polar surface area (TPSA) is 129 Å². The maximum absolute atomic E-state index is 13.4. The summed E-state index contributed by atoms with van der Waals surface area (Å²) in [5.74, 6) is -1.37. The van der Waals surface area contributed by atoms with Crippen LogP contribution in [0.2, 0.25) is 0 Å². The number of hydrogen-bond donors (Lipinski definition) is 0. The Morgan fingerprint density at radius 3 is 2.12 bits per heavy atom. The summed E-state index contributed by atoms with van der Waals surface area (Å²) in [5.41, 5.74) is -0.777. The molecule has 0 unspecified atom stereocenters. The van der Waals surface area contributed by atoms with Crippen molar-refractivity contribution in [3.63, 3.8) is 0 Å². The molecule has 0 saturated carbocycles. The number of carbonyl (C=O) groups is 4. The third-order valence-corrected chi connectivity index (χ3v) is 5.67. The molecule has 0 bridgehead atoms. The van der Waals surface area contributed by atoms with Gasteiger partial charge >= 0.3 is 18.0 Å². The minimum atomic E-state index is -0.874. The molecule has 0 aromatic heterocycles. The van der Waals surface area contributed by atoms with Crippen LogP contribution in [0.25, 0.3) is 0 Å². The maximum Gasteiger partial charge on any atom is 0.411 e. The molecule has 2 amide bonds. The summed E-state index contributed by atoms with van der Waals surface area (Å²) >= 11 is 0. The molecule has 11 nitrogen and oxygen atoms in total. The Balaban J connectivity index is 2.30. The molecule has 0 aromatic rings. The second-order valence-electron chi connectivity index (χ2n) is 9.37. The van der Waals surface area contributed by atoms with Crippen LogP contribution >= 0.6 is 0 Å². The molecule has 0 N–H and O–H groups in total. The molecule has 0 spiro atoms. The largest absolute Gasteiger partial charge is 0.465 e. The molecule has 3 atom stereocenters. The van der Waals surface area contributed by atoms with Crippen LogP contribution in [-0.2, 0) is 28.6 Å². The van der Waals surface area contributed by atoms with Crippen molar-refractivity contribution >= 4 is 23.9 Å². The first kappa shape index (κ1) is 27.4. The number of likely N-dealkylation sites (tertiary alicyclic amines) is 2. The SMILES string of the molecule is CCOC(=O)CN(CC(=O)OCC)[C@H]1C[C@@H](C(=O)N2CCC[C@H]2C#N)N(C(=O)OC(C)(C)C)C1. The molecule has 2 aliphatic heterocycles. The van der Waals surface area contributed by atoms with Gasteiger partial charge in [-0.2, -0.15) is 5.26 Å². The van der Waals surface area contributed by atoms with Gasteiger partial charge in [-0.15, -0.1) is 0 Å². The minimum absolute atomic E-state index is 0.0786. The second kappa shape index (κ2) is 12.0. The highest BCUT2D eigenvalue weighted by molar-refractivity contribution is 5.87. The first-order chi connectivity index (χ1) is 16.0. The van der Waals surface area contributed by atoms with E-state index in [1.54, 1.807) is 39.5 Å². The van der Waals surface area contributed by atoms with E-state index in [0.29, 0.717) is 19.4 Å². The monoisotopic (exact) mass is 480 g/mol. The molecule has 0 aromatic carbocycles. The Kier molecular flexibility index (Phi) is 9.67. The van der Waals surface area contributed by atoms with E-state index in [9.17, 15) is 24.4 Å². The van der Waals surface area contributed by atoms with Gasteiger partial charge in [-0.3, -0.25) is 24.2 Å². The fraction of sp³-hybridized carbons (Fsp3) is 0.783. The van der Waals surface area contributed by atoms with Crippen LogP contribution in [0.1, 0.15) is 53.9 Å². The zero-order valence-electron chi connectivity index (χ0n) is 20.7. The van der Waals surface area contributed by atoms with Crippen molar-refractivity contribution in [2.75, 3.05) is 39.4 Å². The van der Waals surface area contributed by atoms with E-state index in [1.165, 1.54) is 9.80 Å². The fourth-order valence-corrected chi connectivity index (χ4v) is 4.25. The summed E-state index contributed by atoms with van der Waals surface area (Å²) in [4.78, 5) is 55.3. The van der Waals surface area contributed by atoms with Crippen molar-refractivity contribution in [1.29, 1.82) is 5.26 Å². The number of hydrogen-bond acceptors (Lipinski definition) is 9. The molecule has 11 heteroatoms. The van der Waals surface area contributed by atoms with E-state index in [-0.39, 0.29) is 45.2 Å². The Bertz CT molecular complexity index is 784. The summed E-state index contributed by atoms with van der Waals surface area (Å²) in [5, 5.41) is 9.44. The number of amides is 2. The molecule has 0 radical (unpaired) electrons. The number of ether oxygens (including phenoxy) is 3. The van der Waals surface area contributed by atoms with Crippen molar-refractivity contribution in [2.45, 2.75) is 77.6 Å². The van der Waals surface area contributed by atoms with E-state index in [0.717, 1.165) is 0 Å². The summed E-state index contributed by atoms with van der Waals surface area (Å²) in [6.45, 7) is 9.08. The molecule has 2 saturated heterocycles. The lowest BCUT2D eigenvalue weighted by atomic mass is 10.1. The van der Waals surface area contributed by atoms with E-state index in [2.05, 4.69) is 6.07 Å². The minimum Gasteiger partial charge on any atom is -0.465 e. The predicted molar refractivity (Wildman–Crippen MR) is 120 cm³/mol. The Hall–Kier alpha value is -2.87. The van der Waals surface area contributed by atoms with E-state index < -0.39 is 41.8 Å². The standard InChI is InChI=1S/C23H36N4O7/c1-6-32-19(28)14-25(15-20(29)33-7-2)17-11-18(21(30)26-10-8-9-16(26)12-24)27(13-17)22(31)34-23(3,4)5/h16-18H,6-11,13-15H2,1-5H3/t16-,17-,18-/m0/s1. The first-order valence-electron chi connectivity index (χ1n) is 11.8. The van der Waals surface area contributed by atoms with Crippen molar-refractivity contribution in [3.8, 4) is 6.07 Å². The van der Waals surface area contributed by atoms with Crippen LogP contribution in [0.4, 0.5) is 4.79 Å². The lowest BCUT2D eigenvalue weighted by Gasteiger charge is -2.31. The van der Waals surface area contributed by atoms with E-state index in [1.807, 2.05) is 0 Å². The van der Waals surface area contributed by atoms with Gasteiger partial charge in [-0.25, -0.2) is 4.79 Å². The third-order valence-electron chi connectivity index (χ3n) is 5.67. The van der Waals surface area contributed by atoms with Gasteiger partial charge in [0.05, 0.1) is 32.4 Å². The first-order valence-corrected chi connectivity index (χ1v) is 11.8. The quantitative estimate of drug-likeness (QED) is 0.373. The van der Waals surface area contributed by atoms with Gasteiger partial charge in [-0.1, -0.05) is 0 Å². The van der Waals surface area contributed by atoms with Crippen LogP contribution < -0.4 is 0 Å². The van der Waals surface area contributed by atoms with Crippen molar-refractivity contribution in [2.24, 2.45) is 0 Å². The fourth-order valence-electron chi connectivity index (χ4n) is 4.25. The average Bonchev–Trinajstić information content (AvgIpc) is 3.39. The van der Waals surface area contributed by atoms with Gasteiger partial charge < -0.3 is 19.1 Å². The van der Waals surface area contributed by atoms with Crippen LogP contribution in [-0.4, -0.2) is 102 Å². The Morgan fingerprint density at radius 2 is 1.62 bits per heavy atom. The van der Waals surface area contributed by atoms with Crippen LogP contribution in [0.5, 0.6) is 0 Å². The van der Waals surface area contributed by atoms with Crippen molar-refractivity contribution in [3.05, 3.63) is 0 Å². The van der Waals surface area contributed by atoms with Crippen LogP contribution in [0.3, 0.4) is 0 Å². The van der Waals surface area contributed by atoms with Crippen LogP contribution in [0, 0.1) is 11.3 Å². The molecule has 0 aliphatic carbocycles. The van der Waals surface area contributed by atoms with Gasteiger partial charge in [0, 0.05) is 19.1 Å². The summed E-state index contributed by atoms with van der Waals surface area (Å²) in [7, 11) is 0. The highest BCUT2D eigenvalue weighted by Gasteiger charge is 2.47. The highest BCUT2D eigenvalue weighted by atomic mass is 16.6. The maximum atomic E-state index is 13.4. The van der Waals surface area contributed by atoms with E-state index >= 15 is 0 Å². The predicted octanol–water partition coefficient (Wildman–Crippen LogP) is 1.31. The molecule has 2 fully saturated rings. The third kappa shape index (κ3) is 7.32. The molecular weight excluding hydrogens is 444 g/mol. The number of esters is 2. The molecule has 2 aliphatic rings. The van der Waals surface area contributed by atoms with Gasteiger partial charge in [0.2, 0.25) is 5.91 Å². The molecule has 190 valence electrons. The smallest absolute Gasteiger partial charge is 0.411 e. The molecule has 2 rings (SSSR count). The number of nitriles is 1. The lowest BCUT2D eigenvalue weighted by molar-refractivity contribution is -0.149. The number of carbonyl (C=O) groups excluding carboxylic acids is 4. The zero-order chi connectivity index (χ0) is 25.5. The van der Waals surface area contributed by atoms with E-state index in [4.69, 9.17) is 14.2 Å². The van der Waals surface area contributed by atoms with Gasteiger partial charge in [0.25, 0.3) is 0 Å². The summed E-state index contributed by atoms with van der Waals surface area (Å²) in [6, 6.07) is 0.251. The Labute approximate surface area is 200 Å². The van der Waals surface area contributed by atoms with Gasteiger partial charge in [0.1, 0.15) is 17.7 Å². The van der Waals surface area contributed by atoms with Gasteiger partial charge in [-0.05, 0) is 53.9 Å². The number of rotatable bonds is 8. The summed E-state index contributed by atoms with van der Waals surface area (Å²) < 4.78 is 15.6. The van der Waals surface area contributed by atoms with Crippen molar-refractivity contribution < 1.29 is 33.4 Å². The average molecular weight is 481 g/mol. The highest BCUT2D eigenvalue weighted by Crippen LogP contribution is 2.29. The molecule has 2 heterocycles. The molecule has 34 heavy (non-hydrogen) atoms. The summed E-state index contributed by atoms with van der Waals surface area (Å²) in [6.07, 6.45) is 0.826. The normalized spacial score (nSPS) is 22.4. The van der Waals surface area contributed by atoms with Crippen molar-refractivity contribution in [1.82, 2.24) is 14.7 Å². The zero-order valence-corrected chi connectivity index (χ0v) is 20.7. The molecular formula is C23H36N4O7. The lowest BCUT2D eigenvalue weighted by Crippen LogP contribution is -2.50. The van der Waals surface area contributed by atoms with Crippen LogP contribution in [0.15, 0.2) is 0 Å². The van der Waals surface area contributed by atoms with Gasteiger partial charge in [0.15, 0.2) is 0 Å². The Morgan fingerprint density at radius 1 is 1.03 bits per heavy atom. The number of nitrogens with zero attached hydrogens (tertiary/aromatic N) is 4. The second-order valence-corrected chi connectivity index (χ2v) is 9.37.